The van der Waals surface area contributed by atoms with E-state index in [4.69, 9.17) is 14.2 Å². The van der Waals surface area contributed by atoms with Gasteiger partial charge in [0.2, 0.25) is 0 Å². The number of anilines is 1. The van der Waals surface area contributed by atoms with Gasteiger partial charge >= 0.3 is 0 Å². The minimum Gasteiger partial charge on any atom is -0.465 e. The molecule has 0 amide bonds. The van der Waals surface area contributed by atoms with Crippen LogP contribution in [0.1, 0.15) is 6.23 Å². The minimum atomic E-state index is -1.60. The van der Waals surface area contributed by atoms with Crippen LogP contribution in [0.5, 0.6) is 0 Å². The number of rotatable bonds is 6. The molecule has 3 unspecified atom stereocenters. The Bertz CT molecular complexity index is 876. The molecule has 2 aliphatic heterocycles. The first-order chi connectivity index (χ1) is 13.5. The van der Waals surface area contributed by atoms with Crippen LogP contribution in [0.15, 0.2) is 25.0 Å². The third-order valence-corrected chi connectivity index (χ3v) is 4.88. The van der Waals surface area contributed by atoms with Gasteiger partial charge in [-0.15, -0.1) is 0 Å². The van der Waals surface area contributed by atoms with E-state index in [0.717, 1.165) is 0 Å². The summed E-state index contributed by atoms with van der Waals surface area (Å²) in [6.07, 6.45) is 0.611. The standard InChI is InChI=1S/C16H21N5O7/c1-26-9-2-3-27-16(9,25)5-17-13-10-14(19-6-18-13)21(7-20-10)15-12(24)11(23)8(4-22)28-15/h2-3,6-9,11-12,15,22-25H,4-5H2,1H3,(H,17,18,19)/t8-,9?,11-,12+,15?,16?/m1/s1. The Morgan fingerprint density at radius 3 is 2.82 bits per heavy atom. The largest absolute Gasteiger partial charge is 0.465 e. The number of hydrogen-bond donors (Lipinski definition) is 5. The molecule has 12 nitrogen and oxygen atoms in total. The van der Waals surface area contributed by atoms with Crippen LogP contribution >= 0.6 is 0 Å². The molecule has 2 aliphatic rings. The first-order valence-electron chi connectivity index (χ1n) is 8.62. The molecule has 4 rings (SSSR count). The quantitative estimate of drug-likeness (QED) is 0.371. The maximum absolute atomic E-state index is 10.5. The van der Waals surface area contributed by atoms with Gasteiger partial charge in [0.1, 0.15) is 30.7 Å². The van der Waals surface area contributed by atoms with Gasteiger partial charge in [0.25, 0.3) is 5.79 Å². The van der Waals surface area contributed by atoms with Gasteiger partial charge < -0.3 is 40.0 Å². The number of hydrogen-bond acceptors (Lipinski definition) is 11. The molecule has 5 N–H and O–H groups in total. The van der Waals surface area contributed by atoms with Gasteiger partial charge in [-0.05, 0) is 6.08 Å². The fourth-order valence-electron chi connectivity index (χ4n) is 3.34. The molecule has 0 radical (unpaired) electrons. The second-order valence-corrected chi connectivity index (χ2v) is 6.58. The van der Waals surface area contributed by atoms with E-state index in [2.05, 4.69) is 20.3 Å². The van der Waals surface area contributed by atoms with E-state index >= 15 is 0 Å². The van der Waals surface area contributed by atoms with Crippen LogP contribution in [0, 0.1) is 0 Å². The zero-order valence-corrected chi connectivity index (χ0v) is 14.9. The number of nitrogens with one attached hydrogen (secondary N) is 1. The van der Waals surface area contributed by atoms with Crippen LogP contribution in [-0.2, 0) is 14.2 Å². The molecular weight excluding hydrogens is 374 g/mol. The van der Waals surface area contributed by atoms with Gasteiger partial charge in [-0.3, -0.25) is 4.57 Å². The summed E-state index contributed by atoms with van der Waals surface area (Å²) >= 11 is 0. The van der Waals surface area contributed by atoms with Crippen molar-refractivity contribution in [3.05, 3.63) is 25.0 Å². The predicted molar refractivity (Wildman–Crippen MR) is 92.8 cm³/mol. The Morgan fingerprint density at radius 1 is 1.29 bits per heavy atom. The molecule has 1 fully saturated rings. The number of aliphatic hydroxyl groups is 4. The summed E-state index contributed by atoms with van der Waals surface area (Å²) in [6, 6.07) is 0. The molecule has 0 aliphatic carbocycles. The zero-order chi connectivity index (χ0) is 19.9. The summed E-state index contributed by atoms with van der Waals surface area (Å²) in [7, 11) is 1.46. The molecule has 2 aromatic heterocycles. The molecule has 152 valence electrons. The number of methoxy groups -OCH3 is 1. The molecule has 2 aromatic rings. The maximum Gasteiger partial charge on any atom is 0.254 e. The molecule has 6 atom stereocenters. The first kappa shape index (κ1) is 19.0. The number of nitrogens with zero attached hydrogens (tertiary/aromatic N) is 4. The highest BCUT2D eigenvalue weighted by Crippen LogP contribution is 2.32. The Morgan fingerprint density at radius 2 is 2.11 bits per heavy atom. The summed E-state index contributed by atoms with van der Waals surface area (Å²) < 4.78 is 17.4. The summed E-state index contributed by atoms with van der Waals surface area (Å²) in [5.41, 5.74) is 0.705. The van der Waals surface area contributed by atoms with Crippen LogP contribution in [0.2, 0.25) is 0 Å². The lowest BCUT2D eigenvalue weighted by Gasteiger charge is -2.28. The highest BCUT2D eigenvalue weighted by atomic mass is 16.7. The third kappa shape index (κ3) is 2.99. The number of fused-ring (bicyclic) bond motifs is 1. The van der Waals surface area contributed by atoms with E-state index in [-0.39, 0.29) is 6.54 Å². The molecule has 0 bridgehead atoms. The van der Waals surface area contributed by atoms with Crippen molar-refractivity contribution in [2.75, 3.05) is 25.6 Å². The Hall–Kier alpha value is -2.35. The van der Waals surface area contributed by atoms with Gasteiger partial charge in [0.15, 0.2) is 23.2 Å². The topological polar surface area (TPSA) is 164 Å². The van der Waals surface area contributed by atoms with E-state index in [0.29, 0.717) is 17.0 Å². The minimum absolute atomic E-state index is 0.0364. The second kappa shape index (κ2) is 7.24. The van der Waals surface area contributed by atoms with E-state index in [1.807, 2.05) is 0 Å². The Kier molecular flexibility index (Phi) is 4.91. The molecule has 1 saturated heterocycles. The lowest BCUT2D eigenvalue weighted by molar-refractivity contribution is -0.195. The predicted octanol–water partition coefficient (Wildman–Crippen LogP) is -1.90. The van der Waals surface area contributed by atoms with E-state index in [9.17, 15) is 20.4 Å². The summed E-state index contributed by atoms with van der Waals surface area (Å²) in [5.74, 6) is -1.27. The van der Waals surface area contributed by atoms with Gasteiger partial charge in [0.05, 0.1) is 25.7 Å². The van der Waals surface area contributed by atoms with Crippen LogP contribution in [0.3, 0.4) is 0 Å². The summed E-state index contributed by atoms with van der Waals surface area (Å²) in [5, 5.41) is 43.0. The van der Waals surface area contributed by atoms with Crippen LogP contribution in [-0.4, -0.2) is 90.4 Å². The maximum atomic E-state index is 10.5. The normalized spacial score (nSPS) is 34.8. The monoisotopic (exact) mass is 395 g/mol. The average molecular weight is 395 g/mol. The van der Waals surface area contributed by atoms with Crippen molar-refractivity contribution in [2.24, 2.45) is 0 Å². The molecule has 0 saturated carbocycles. The molecule has 0 aromatic carbocycles. The van der Waals surface area contributed by atoms with Crippen LogP contribution < -0.4 is 5.32 Å². The molecular formula is C16H21N5O7. The van der Waals surface area contributed by atoms with Crippen molar-refractivity contribution >= 4 is 17.0 Å². The smallest absolute Gasteiger partial charge is 0.254 e. The number of aliphatic hydroxyl groups excluding tert-OH is 3. The lowest BCUT2D eigenvalue weighted by Crippen LogP contribution is -2.46. The van der Waals surface area contributed by atoms with Gasteiger partial charge in [-0.2, -0.15) is 0 Å². The summed E-state index contributed by atoms with van der Waals surface area (Å²) in [4.78, 5) is 12.6. The van der Waals surface area contributed by atoms with Gasteiger partial charge in [-0.1, -0.05) is 0 Å². The van der Waals surface area contributed by atoms with Crippen molar-refractivity contribution in [3.63, 3.8) is 0 Å². The summed E-state index contributed by atoms with van der Waals surface area (Å²) in [6.45, 7) is -0.470. The Balaban J connectivity index is 1.58. The van der Waals surface area contributed by atoms with Crippen LogP contribution in [0.4, 0.5) is 5.82 Å². The third-order valence-electron chi connectivity index (χ3n) is 4.88. The average Bonchev–Trinajstić information content (AvgIpc) is 3.37. The fraction of sp³-hybridized carbons (Fsp3) is 0.562. The van der Waals surface area contributed by atoms with E-state index in [1.54, 1.807) is 6.08 Å². The van der Waals surface area contributed by atoms with Gasteiger partial charge in [0, 0.05) is 7.11 Å². The SMILES string of the molecule is COC1C=COC1(O)CNc1ncnc2c1ncn2C1O[C@H](CO)[C@@H](O)[C@@H]1O. The number of ether oxygens (including phenoxy) is 3. The van der Waals surface area contributed by atoms with E-state index < -0.39 is 43.0 Å². The van der Waals surface area contributed by atoms with Crippen LogP contribution in [0.25, 0.3) is 11.2 Å². The van der Waals surface area contributed by atoms with Crippen molar-refractivity contribution in [3.8, 4) is 0 Å². The highest BCUT2D eigenvalue weighted by molar-refractivity contribution is 5.82. The second-order valence-electron chi connectivity index (χ2n) is 6.58. The molecule has 0 spiro atoms. The van der Waals surface area contributed by atoms with E-state index in [1.165, 1.54) is 30.6 Å². The molecule has 12 heteroatoms. The van der Waals surface area contributed by atoms with Crippen molar-refractivity contribution in [1.29, 1.82) is 0 Å². The molecule has 4 heterocycles. The molecule has 28 heavy (non-hydrogen) atoms. The number of aromatic nitrogens is 4. The zero-order valence-electron chi connectivity index (χ0n) is 14.9. The van der Waals surface area contributed by atoms with Crippen molar-refractivity contribution in [1.82, 2.24) is 19.5 Å². The fourth-order valence-corrected chi connectivity index (χ4v) is 3.34. The highest BCUT2D eigenvalue weighted by Gasteiger charge is 2.44. The lowest BCUT2D eigenvalue weighted by atomic mass is 10.1. The Labute approximate surface area is 159 Å². The number of imidazole rings is 1. The first-order valence-corrected chi connectivity index (χ1v) is 8.62. The van der Waals surface area contributed by atoms with Crippen molar-refractivity contribution < 1.29 is 34.6 Å². The van der Waals surface area contributed by atoms with Crippen molar-refractivity contribution in [2.45, 2.75) is 36.4 Å². The van der Waals surface area contributed by atoms with Gasteiger partial charge in [-0.25, -0.2) is 15.0 Å².